The molecule has 0 fully saturated rings. The molecule has 0 aliphatic carbocycles. The van der Waals surface area contributed by atoms with E-state index in [1.165, 1.54) is 18.1 Å². The van der Waals surface area contributed by atoms with Crippen LogP contribution in [-0.4, -0.2) is 35.8 Å². The highest BCUT2D eigenvalue weighted by Crippen LogP contribution is 2.26. The lowest BCUT2D eigenvalue weighted by Crippen LogP contribution is -2.26. The number of amides is 1. The molecule has 2 rings (SSSR count). The van der Waals surface area contributed by atoms with Crippen LogP contribution >= 0.6 is 0 Å². The van der Waals surface area contributed by atoms with Crippen LogP contribution in [0, 0.1) is 0 Å². The lowest BCUT2D eigenvalue weighted by Gasteiger charge is -2.11. The number of hydrogen-bond donors (Lipinski definition) is 1. The number of anilines is 1. The highest BCUT2D eigenvalue weighted by molar-refractivity contribution is 5.91. The molecule has 16 heavy (non-hydrogen) atoms. The highest BCUT2D eigenvalue weighted by Gasteiger charge is 2.26. The molecule has 0 spiro atoms. The Kier molecular flexibility index (Phi) is 2.47. The largest absolute Gasteiger partial charge is 0.465 e. The minimum Gasteiger partial charge on any atom is -0.465 e. The molecule has 0 saturated carbocycles. The van der Waals surface area contributed by atoms with Crippen molar-refractivity contribution in [2.24, 2.45) is 0 Å². The van der Waals surface area contributed by atoms with Gasteiger partial charge in [-0.3, -0.25) is 4.90 Å². The number of esters is 1. The van der Waals surface area contributed by atoms with Crippen LogP contribution in [0.3, 0.4) is 0 Å². The van der Waals surface area contributed by atoms with Gasteiger partial charge in [-0.1, -0.05) is 0 Å². The number of carboxylic acid groups (broad SMARTS) is 1. The fourth-order valence-corrected chi connectivity index (χ4v) is 1.68. The van der Waals surface area contributed by atoms with Crippen LogP contribution in [-0.2, 0) is 11.2 Å². The SMILES string of the molecule is COC(=O)c1ccc2c(n1)CCN2C(=O)O. The standard InChI is InChI=1S/C10H10N2O4/c1-16-9(13)7-2-3-8-6(11-7)4-5-12(8)10(14)15/h2-3H,4-5H2,1H3,(H,14,15). The zero-order valence-corrected chi connectivity index (χ0v) is 8.64. The van der Waals surface area contributed by atoms with E-state index in [2.05, 4.69) is 9.72 Å². The second kappa shape index (κ2) is 3.80. The molecule has 1 aliphatic rings. The zero-order valence-electron chi connectivity index (χ0n) is 8.64. The first-order valence-corrected chi connectivity index (χ1v) is 4.72. The molecule has 0 saturated heterocycles. The third-order valence-corrected chi connectivity index (χ3v) is 2.44. The molecule has 1 aliphatic heterocycles. The second-order valence-corrected chi connectivity index (χ2v) is 3.34. The number of methoxy groups -OCH3 is 1. The van der Waals surface area contributed by atoms with E-state index in [-0.39, 0.29) is 5.69 Å². The summed E-state index contributed by atoms with van der Waals surface area (Å²) in [5.41, 5.74) is 1.36. The summed E-state index contributed by atoms with van der Waals surface area (Å²) in [6, 6.07) is 3.04. The van der Waals surface area contributed by atoms with E-state index in [9.17, 15) is 9.59 Å². The summed E-state index contributed by atoms with van der Waals surface area (Å²) in [6.07, 6.45) is -0.488. The Bertz CT molecular complexity index is 458. The maximum atomic E-state index is 11.2. The summed E-state index contributed by atoms with van der Waals surface area (Å²) in [5, 5.41) is 8.89. The topological polar surface area (TPSA) is 79.7 Å². The van der Waals surface area contributed by atoms with Gasteiger partial charge in [-0.05, 0) is 12.1 Å². The van der Waals surface area contributed by atoms with Crippen LogP contribution in [0.5, 0.6) is 0 Å². The molecular weight excluding hydrogens is 212 g/mol. The molecule has 0 unspecified atom stereocenters. The van der Waals surface area contributed by atoms with E-state index < -0.39 is 12.1 Å². The van der Waals surface area contributed by atoms with Gasteiger partial charge < -0.3 is 9.84 Å². The summed E-state index contributed by atoms with van der Waals surface area (Å²) in [4.78, 5) is 27.3. The Hall–Kier alpha value is -2.11. The summed E-state index contributed by atoms with van der Waals surface area (Å²) >= 11 is 0. The van der Waals surface area contributed by atoms with Crippen LogP contribution < -0.4 is 4.90 Å². The molecule has 1 aromatic heterocycles. The number of fused-ring (bicyclic) bond motifs is 1. The second-order valence-electron chi connectivity index (χ2n) is 3.34. The molecule has 0 aromatic carbocycles. The molecule has 84 valence electrons. The lowest BCUT2D eigenvalue weighted by molar-refractivity contribution is 0.0594. The first kappa shape index (κ1) is 10.4. The van der Waals surface area contributed by atoms with Gasteiger partial charge in [0.05, 0.1) is 18.5 Å². The predicted octanol–water partition coefficient (Wildman–Crippen LogP) is 0.909. The van der Waals surface area contributed by atoms with Crippen molar-refractivity contribution in [3.63, 3.8) is 0 Å². The van der Waals surface area contributed by atoms with Gasteiger partial charge in [0.15, 0.2) is 0 Å². The smallest absolute Gasteiger partial charge is 0.411 e. The zero-order chi connectivity index (χ0) is 11.7. The Labute approximate surface area is 91.5 Å². The third kappa shape index (κ3) is 1.58. The van der Waals surface area contributed by atoms with Crippen molar-refractivity contribution in [1.82, 2.24) is 4.98 Å². The van der Waals surface area contributed by atoms with Crippen LogP contribution in [0.15, 0.2) is 12.1 Å². The van der Waals surface area contributed by atoms with Crippen molar-refractivity contribution in [2.45, 2.75) is 6.42 Å². The molecule has 1 N–H and O–H groups in total. The maximum Gasteiger partial charge on any atom is 0.411 e. The number of carbonyl (C=O) groups excluding carboxylic acids is 1. The number of aromatic nitrogens is 1. The number of nitrogens with zero attached hydrogens (tertiary/aromatic N) is 2. The van der Waals surface area contributed by atoms with Gasteiger partial charge in [-0.2, -0.15) is 0 Å². The number of hydrogen-bond acceptors (Lipinski definition) is 4. The Balaban J connectivity index is 2.36. The molecule has 0 radical (unpaired) electrons. The normalized spacial score (nSPS) is 13.4. The third-order valence-electron chi connectivity index (χ3n) is 2.44. The van der Waals surface area contributed by atoms with Gasteiger partial charge in [-0.25, -0.2) is 14.6 Å². The van der Waals surface area contributed by atoms with E-state index in [0.717, 1.165) is 0 Å². The molecule has 2 heterocycles. The van der Waals surface area contributed by atoms with Gasteiger partial charge in [0.1, 0.15) is 5.69 Å². The molecule has 6 heteroatoms. The average Bonchev–Trinajstić information content (AvgIpc) is 2.70. The number of rotatable bonds is 1. The Morgan fingerprint density at radius 2 is 2.25 bits per heavy atom. The van der Waals surface area contributed by atoms with Crippen LogP contribution in [0.25, 0.3) is 0 Å². The predicted molar refractivity (Wildman–Crippen MR) is 54.7 cm³/mol. The van der Waals surface area contributed by atoms with Crippen molar-refractivity contribution in [1.29, 1.82) is 0 Å². The van der Waals surface area contributed by atoms with Crippen LogP contribution in [0.2, 0.25) is 0 Å². The average molecular weight is 222 g/mol. The number of carbonyl (C=O) groups is 2. The van der Waals surface area contributed by atoms with Crippen LogP contribution in [0.4, 0.5) is 10.5 Å². The van der Waals surface area contributed by atoms with Crippen molar-refractivity contribution in [3.05, 3.63) is 23.5 Å². The summed E-state index contributed by atoms with van der Waals surface area (Å²) in [7, 11) is 1.28. The molecule has 0 bridgehead atoms. The first-order chi connectivity index (χ1) is 7.63. The van der Waals surface area contributed by atoms with E-state index in [0.29, 0.717) is 24.3 Å². The Morgan fingerprint density at radius 1 is 1.50 bits per heavy atom. The first-order valence-electron chi connectivity index (χ1n) is 4.72. The fraction of sp³-hybridized carbons (Fsp3) is 0.300. The fourth-order valence-electron chi connectivity index (χ4n) is 1.68. The highest BCUT2D eigenvalue weighted by atomic mass is 16.5. The van der Waals surface area contributed by atoms with E-state index >= 15 is 0 Å². The van der Waals surface area contributed by atoms with E-state index in [1.54, 1.807) is 6.07 Å². The minimum atomic E-state index is -1.01. The number of pyridine rings is 1. The monoisotopic (exact) mass is 222 g/mol. The summed E-state index contributed by atoms with van der Waals surface area (Å²) in [5.74, 6) is -0.517. The summed E-state index contributed by atoms with van der Waals surface area (Å²) in [6.45, 7) is 0.377. The van der Waals surface area contributed by atoms with E-state index in [1.807, 2.05) is 0 Å². The van der Waals surface area contributed by atoms with Crippen molar-refractivity contribution < 1.29 is 19.4 Å². The van der Waals surface area contributed by atoms with Gasteiger partial charge >= 0.3 is 12.1 Å². The van der Waals surface area contributed by atoms with Crippen molar-refractivity contribution in [3.8, 4) is 0 Å². The van der Waals surface area contributed by atoms with E-state index in [4.69, 9.17) is 5.11 Å². The lowest BCUT2D eigenvalue weighted by atomic mass is 10.2. The van der Waals surface area contributed by atoms with Crippen molar-refractivity contribution >= 4 is 17.7 Å². The maximum absolute atomic E-state index is 11.2. The van der Waals surface area contributed by atoms with Gasteiger partial charge in [0.2, 0.25) is 0 Å². The molecule has 1 amide bonds. The molecule has 0 atom stereocenters. The number of ether oxygens (including phenoxy) is 1. The minimum absolute atomic E-state index is 0.202. The quantitative estimate of drug-likeness (QED) is 0.714. The van der Waals surface area contributed by atoms with Crippen molar-refractivity contribution in [2.75, 3.05) is 18.6 Å². The Morgan fingerprint density at radius 3 is 2.88 bits per heavy atom. The van der Waals surface area contributed by atoms with Gasteiger partial charge in [-0.15, -0.1) is 0 Å². The molecule has 1 aromatic rings. The molecule has 6 nitrogen and oxygen atoms in total. The van der Waals surface area contributed by atoms with Gasteiger partial charge in [0, 0.05) is 13.0 Å². The van der Waals surface area contributed by atoms with Crippen LogP contribution in [0.1, 0.15) is 16.2 Å². The summed E-state index contributed by atoms with van der Waals surface area (Å²) < 4.78 is 4.54. The molecular formula is C10H10N2O4. The van der Waals surface area contributed by atoms with Gasteiger partial charge in [0.25, 0.3) is 0 Å².